The van der Waals surface area contributed by atoms with Gasteiger partial charge in [0, 0.05) is 13.0 Å². The Morgan fingerprint density at radius 2 is 1.94 bits per heavy atom. The summed E-state index contributed by atoms with van der Waals surface area (Å²) >= 11 is 0. The van der Waals surface area contributed by atoms with E-state index in [1.807, 2.05) is 13.8 Å². The first-order valence-electron chi connectivity index (χ1n) is 6.42. The van der Waals surface area contributed by atoms with Crippen LogP contribution in [0.1, 0.15) is 46.0 Å². The average molecular weight is 243 g/mol. The van der Waals surface area contributed by atoms with Gasteiger partial charge in [0.1, 0.15) is 6.04 Å². The molecule has 0 aromatic carbocycles. The maximum absolute atomic E-state index is 11.7. The average Bonchev–Trinajstić information content (AvgIpc) is 2.28. The Labute approximate surface area is 104 Å². The van der Waals surface area contributed by atoms with E-state index in [-0.39, 0.29) is 11.8 Å². The van der Waals surface area contributed by atoms with Crippen LogP contribution in [-0.4, -0.2) is 30.9 Å². The molecule has 0 spiro atoms. The smallest absolute Gasteiger partial charge is 0.242 e. The van der Waals surface area contributed by atoms with Crippen molar-refractivity contribution < 1.29 is 9.59 Å². The predicted molar refractivity (Wildman–Crippen MR) is 68.4 cm³/mol. The summed E-state index contributed by atoms with van der Waals surface area (Å²) in [5.41, 5.74) is 5.41. The number of unbranched alkanes of at least 4 members (excludes halogenated alkanes) is 1. The van der Waals surface area contributed by atoms with E-state index in [4.69, 9.17) is 5.73 Å². The van der Waals surface area contributed by atoms with Gasteiger partial charge in [-0.1, -0.05) is 6.92 Å². The molecule has 0 rings (SSSR count). The van der Waals surface area contributed by atoms with Crippen molar-refractivity contribution in [2.45, 2.75) is 52.0 Å². The Bertz CT molecular complexity index is 232. The topological polar surface area (TPSA) is 84.2 Å². The number of hydrogen-bond donors (Lipinski definition) is 3. The molecule has 0 saturated heterocycles. The molecule has 0 saturated carbocycles. The van der Waals surface area contributed by atoms with Crippen molar-refractivity contribution in [1.82, 2.24) is 10.6 Å². The minimum atomic E-state index is -0.416. The highest BCUT2D eigenvalue weighted by Gasteiger charge is 2.18. The van der Waals surface area contributed by atoms with Crippen LogP contribution in [0.3, 0.4) is 0 Å². The number of carbonyl (C=O) groups is 2. The molecule has 17 heavy (non-hydrogen) atoms. The highest BCUT2D eigenvalue weighted by Crippen LogP contribution is 2.02. The first kappa shape index (κ1) is 15.9. The fourth-order valence-electron chi connectivity index (χ4n) is 1.55. The molecule has 5 heteroatoms. The van der Waals surface area contributed by atoms with E-state index in [0.717, 1.165) is 19.3 Å². The normalized spacial score (nSPS) is 11.9. The second-order valence-corrected chi connectivity index (χ2v) is 4.05. The quantitative estimate of drug-likeness (QED) is 0.517. The number of carbonyl (C=O) groups excluding carboxylic acids is 2. The Morgan fingerprint density at radius 3 is 2.47 bits per heavy atom. The van der Waals surface area contributed by atoms with Crippen molar-refractivity contribution in [3.8, 4) is 0 Å². The number of hydrogen-bond acceptors (Lipinski definition) is 3. The van der Waals surface area contributed by atoms with Crippen molar-refractivity contribution in [2.75, 3.05) is 13.1 Å². The Balaban J connectivity index is 4.18. The molecule has 0 fully saturated rings. The third-order valence-electron chi connectivity index (χ3n) is 2.43. The van der Waals surface area contributed by atoms with E-state index in [9.17, 15) is 9.59 Å². The zero-order valence-electron chi connectivity index (χ0n) is 10.9. The SMILES string of the molecule is CCCC(=O)NC(CCCCN)C(=O)NCC. The van der Waals surface area contributed by atoms with Crippen LogP contribution in [0.2, 0.25) is 0 Å². The standard InChI is InChI=1S/C12H25N3O2/c1-3-7-11(16)15-10(8-5-6-9-13)12(17)14-4-2/h10H,3-9,13H2,1-2H3,(H,14,17)(H,15,16). The lowest BCUT2D eigenvalue weighted by Gasteiger charge is -2.17. The lowest BCUT2D eigenvalue weighted by molar-refractivity contribution is -0.129. The van der Waals surface area contributed by atoms with Gasteiger partial charge in [-0.2, -0.15) is 0 Å². The number of likely N-dealkylation sites (N-methyl/N-ethyl adjacent to an activating group) is 1. The summed E-state index contributed by atoms with van der Waals surface area (Å²) in [6.07, 6.45) is 3.63. The fraction of sp³-hybridized carbons (Fsp3) is 0.833. The van der Waals surface area contributed by atoms with Gasteiger partial charge >= 0.3 is 0 Å². The molecule has 5 nitrogen and oxygen atoms in total. The number of nitrogens with one attached hydrogen (secondary N) is 2. The lowest BCUT2D eigenvalue weighted by Crippen LogP contribution is -2.46. The van der Waals surface area contributed by atoms with Crippen molar-refractivity contribution in [1.29, 1.82) is 0 Å². The van der Waals surface area contributed by atoms with Gasteiger partial charge in [0.15, 0.2) is 0 Å². The lowest BCUT2D eigenvalue weighted by atomic mass is 10.1. The number of rotatable bonds is 9. The maximum atomic E-state index is 11.7. The molecule has 0 radical (unpaired) electrons. The molecule has 1 atom stereocenters. The zero-order valence-corrected chi connectivity index (χ0v) is 10.9. The van der Waals surface area contributed by atoms with Crippen LogP contribution in [0.5, 0.6) is 0 Å². The molecule has 0 aliphatic heterocycles. The van der Waals surface area contributed by atoms with Crippen LogP contribution in [0.15, 0.2) is 0 Å². The van der Waals surface area contributed by atoms with E-state index in [2.05, 4.69) is 10.6 Å². The number of nitrogens with two attached hydrogens (primary N) is 1. The van der Waals surface area contributed by atoms with E-state index in [0.29, 0.717) is 25.9 Å². The van der Waals surface area contributed by atoms with Gasteiger partial charge < -0.3 is 16.4 Å². The van der Waals surface area contributed by atoms with Crippen molar-refractivity contribution in [2.24, 2.45) is 5.73 Å². The van der Waals surface area contributed by atoms with E-state index in [1.54, 1.807) is 0 Å². The molecule has 0 bridgehead atoms. The summed E-state index contributed by atoms with van der Waals surface area (Å²) in [6.45, 7) is 5.00. The van der Waals surface area contributed by atoms with Crippen LogP contribution < -0.4 is 16.4 Å². The molecule has 0 aliphatic rings. The van der Waals surface area contributed by atoms with Gasteiger partial charge in [0.05, 0.1) is 0 Å². The fourth-order valence-corrected chi connectivity index (χ4v) is 1.55. The molecule has 0 aromatic rings. The van der Waals surface area contributed by atoms with Crippen molar-refractivity contribution in [3.05, 3.63) is 0 Å². The largest absolute Gasteiger partial charge is 0.355 e. The van der Waals surface area contributed by atoms with Crippen molar-refractivity contribution in [3.63, 3.8) is 0 Å². The molecule has 0 aliphatic carbocycles. The second-order valence-electron chi connectivity index (χ2n) is 4.05. The zero-order chi connectivity index (χ0) is 13.1. The van der Waals surface area contributed by atoms with Crippen molar-refractivity contribution >= 4 is 11.8 Å². The molecule has 0 heterocycles. The first-order chi connectivity index (χ1) is 8.15. The molecule has 1 unspecified atom stereocenters. The van der Waals surface area contributed by atoms with E-state index >= 15 is 0 Å². The predicted octanol–water partition coefficient (Wildman–Crippen LogP) is 0.536. The highest BCUT2D eigenvalue weighted by atomic mass is 16.2. The van der Waals surface area contributed by atoms with E-state index in [1.165, 1.54) is 0 Å². The second kappa shape index (κ2) is 10.1. The summed E-state index contributed by atoms with van der Waals surface area (Å²) < 4.78 is 0. The maximum Gasteiger partial charge on any atom is 0.242 e. The Kier molecular flexibility index (Phi) is 9.43. The van der Waals surface area contributed by atoms with Crippen LogP contribution in [0.4, 0.5) is 0 Å². The Morgan fingerprint density at radius 1 is 1.24 bits per heavy atom. The van der Waals surface area contributed by atoms with Crippen LogP contribution in [0, 0.1) is 0 Å². The summed E-state index contributed by atoms with van der Waals surface area (Å²) in [7, 11) is 0. The molecule has 4 N–H and O–H groups in total. The van der Waals surface area contributed by atoms with Crippen LogP contribution in [0.25, 0.3) is 0 Å². The monoisotopic (exact) mass is 243 g/mol. The Hall–Kier alpha value is -1.10. The van der Waals surface area contributed by atoms with Gasteiger partial charge in [-0.3, -0.25) is 9.59 Å². The van der Waals surface area contributed by atoms with Gasteiger partial charge in [-0.15, -0.1) is 0 Å². The minimum absolute atomic E-state index is 0.0588. The summed E-state index contributed by atoms with van der Waals surface area (Å²) in [6, 6.07) is -0.416. The number of amides is 2. The van der Waals surface area contributed by atoms with E-state index < -0.39 is 6.04 Å². The third kappa shape index (κ3) is 7.74. The van der Waals surface area contributed by atoms with Gasteiger partial charge in [-0.25, -0.2) is 0 Å². The highest BCUT2D eigenvalue weighted by molar-refractivity contribution is 5.87. The molecule has 2 amide bonds. The molecule has 0 aromatic heterocycles. The molecule has 100 valence electrons. The summed E-state index contributed by atoms with van der Waals surface area (Å²) in [4.78, 5) is 23.2. The van der Waals surface area contributed by atoms with Crippen LogP contribution in [-0.2, 0) is 9.59 Å². The molecular formula is C12H25N3O2. The van der Waals surface area contributed by atoms with Gasteiger partial charge in [-0.05, 0) is 39.2 Å². The summed E-state index contributed by atoms with van der Waals surface area (Å²) in [5, 5.41) is 5.50. The summed E-state index contributed by atoms with van der Waals surface area (Å²) in [5.74, 6) is -0.162. The van der Waals surface area contributed by atoms with Gasteiger partial charge in [0.2, 0.25) is 11.8 Å². The molecular weight excluding hydrogens is 218 g/mol. The van der Waals surface area contributed by atoms with Crippen LogP contribution >= 0.6 is 0 Å². The third-order valence-corrected chi connectivity index (χ3v) is 2.43. The minimum Gasteiger partial charge on any atom is -0.355 e. The first-order valence-corrected chi connectivity index (χ1v) is 6.42. The van der Waals surface area contributed by atoms with Gasteiger partial charge in [0.25, 0.3) is 0 Å².